The third-order valence-electron chi connectivity index (χ3n) is 3.94. The molecular formula is C14H26N6O. The number of hydrogen-bond donors (Lipinski definition) is 2. The molecule has 1 aliphatic heterocycles. The Bertz CT molecular complexity index is 438. The molecule has 0 aromatic carbocycles. The number of nitrogens with two attached hydrogens (primary N) is 1. The summed E-state index contributed by atoms with van der Waals surface area (Å²) in [5, 5.41) is 10.6. The van der Waals surface area contributed by atoms with Gasteiger partial charge in [-0.05, 0) is 44.8 Å². The molecular weight excluding hydrogens is 268 g/mol. The van der Waals surface area contributed by atoms with Gasteiger partial charge in [0.15, 0.2) is 5.69 Å². The first kappa shape index (κ1) is 15.9. The first-order chi connectivity index (χ1) is 10.2. The largest absolute Gasteiger partial charge is 0.351 e. The van der Waals surface area contributed by atoms with Gasteiger partial charge in [0.1, 0.15) is 0 Å². The molecule has 1 amide bonds. The lowest BCUT2D eigenvalue weighted by Gasteiger charge is -2.30. The number of carbonyl (C=O) groups is 1. The van der Waals surface area contributed by atoms with Crippen LogP contribution in [-0.2, 0) is 6.54 Å². The number of likely N-dealkylation sites (tertiary alicyclic amines) is 1. The Morgan fingerprint density at radius 1 is 1.43 bits per heavy atom. The van der Waals surface area contributed by atoms with Crippen molar-refractivity contribution in [3.63, 3.8) is 0 Å². The zero-order chi connectivity index (χ0) is 15.1. The molecule has 2 rings (SSSR count). The molecule has 0 aliphatic carbocycles. The summed E-state index contributed by atoms with van der Waals surface area (Å²) < 4.78 is 1.59. The number of piperidine rings is 1. The average Bonchev–Trinajstić information content (AvgIpc) is 2.94. The van der Waals surface area contributed by atoms with Gasteiger partial charge in [0.25, 0.3) is 5.91 Å². The molecule has 1 aromatic heterocycles. The van der Waals surface area contributed by atoms with Crippen molar-refractivity contribution in [3.05, 3.63) is 11.9 Å². The molecule has 0 saturated carbocycles. The molecule has 7 nitrogen and oxygen atoms in total. The summed E-state index contributed by atoms with van der Waals surface area (Å²) in [7, 11) is 0. The monoisotopic (exact) mass is 294 g/mol. The maximum absolute atomic E-state index is 11.9. The van der Waals surface area contributed by atoms with E-state index in [9.17, 15) is 4.79 Å². The molecule has 118 valence electrons. The van der Waals surface area contributed by atoms with Crippen molar-refractivity contribution < 1.29 is 4.79 Å². The van der Waals surface area contributed by atoms with Crippen molar-refractivity contribution in [3.8, 4) is 0 Å². The van der Waals surface area contributed by atoms with Crippen molar-refractivity contribution >= 4 is 5.91 Å². The predicted molar refractivity (Wildman–Crippen MR) is 80.9 cm³/mol. The number of amides is 1. The molecule has 0 radical (unpaired) electrons. The van der Waals surface area contributed by atoms with Crippen LogP contribution in [0, 0.1) is 5.92 Å². The van der Waals surface area contributed by atoms with E-state index in [0.29, 0.717) is 25.3 Å². The molecule has 1 aromatic rings. The van der Waals surface area contributed by atoms with Crippen LogP contribution < -0.4 is 11.1 Å². The molecule has 0 bridgehead atoms. The predicted octanol–water partition coefficient (Wildman–Crippen LogP) is 0.0886. The fourth-order valence-electron chi connectivity index (χ4n) is 2.52. The quantitative estimate of drug-likeness (QED) is 0.696. The summed E-state index contributed by atoms with van der Waals surface area (Å²) in [6.07, 6.45) is 5.18. The van der Waals surface area contributed by atoms with Gasteiger partial charge in [0, 0.05) is 13.1 Å². The van der Waals surface area contributed by atoms with Gasteiger partial charge in [0.05, 0.1) is 12.7 Å². The van der Waals surface area contributed by atoms with Crippen molar-refractivity contribution in [2.75, 3.05) is 32.7 Å². The lowest BCUT2D eigenvalue weighted by Crippen LogP contribution is -2.35. The Kier molecular flexibility index (Phi) is 6.13. The van der Waals surface area contributed by atoms with Gasteiger partial charge in [-0.3, -0.25) is 9.48 Å². The summed E-state index contributed by atoms with van der Waals surface area (Å²) in [6.45, 7) is 7.47. The summed E-state index contributed by atoms with van der Waals surface area (Å²) in [4.78, 5) is 14.4. The van der Waals surface area contributed by atoms with Crippen LogP contribution in [0.25, 0.3) is 0 Å². The Labute approximate surface area is 125 Å². The summed E-state index contributed by atoms with van der Waals surface area (Å²) >= 11 is 0. The van der Waals surface area contributed by atoms with Gasteiger partial charge < -0.3 is 16.0 Å². The van der Waals surface area contributed by atoms with Crippen LogP contribution in [0.15, 0.2) is 6.20 Å². The lowest BCUT2D eigenvalue weighted by atomic mass is 9.99. The van der Waals surface area contributed by atoms with Crippen molar-refractivity contribution in [1.29, 1.82) is 0 Å². The molecule has 1 saturated heterocycles. The van der Waals surface area contributed by atoms with Gasteiger partial charge in [0.2, 0.25) is 0 Å². The first-order valence-electron chi connectivity index (χ1n) is 7.80. The van der Waals surface area contributed by atoms with Crippen LogP contribution in [0.4, 0.5) is 0 Å². The fourth-order valence-corrected chi connectivity index (χ4v) is 2.52. The van der Waals surface area contributed by atoms with Crippen molar-refractivity contribution in [1.82, 2.24) is 25.2 Å². The number of nitrogens with zero attached hydrogens (tertiary/aromatic N) is 4. The van der Waals surface area contributed by atoms with E-state index in [4.69, 9.17) is 5.73 Å². The molecule has 3 N–H and O–H groups in total. The second-order valence-corrected chi connectivity index (χ2v) is 5.79. The van der Waals surface area contributed by atoms with Gasteiger partial charge in [-0.1, -0.05) is 12.1 Å². The molecule has 1 fully saturated rings. The Morgan fingerprint density at radius 2 is 2.19 bits per heavy atom. The number of rotatable bonds is 7. The molecule has 7 heteroatoms. The summed E-state index contributed by atoms with van der Waals surface area (Å²) in [5.41, 5.74) is 5.79. The summed E-state index contributed by atoms with van der Waals surface area (Å²) in [5.74, 6) is 0.697. The van der Waals surface area contributed by atoms with Crippen LogP contribution in [0.5, 0.6) is 0 Å². The molecule has 0 atom stereocenters. The number of hydrogen-bond acceptors (Lipinski definition) is 5. The van der Waals surface area contributed by atoms with E-state index in [1.165, 1.54) is 25.9 Å². The number of nitrogens with one attached hydrogen (secondary N) is 1. The van der Waals surface area contributed by atoms with Crippen LogP contribution in [0.3, 0.4) is 0 Å². The average molecular weight is 294 g/mol. The highest BCUT2D eigenvalue weighted by molar-refractivity contribution is 5.91. The van der Waals surface area contributed by atoms with Crippen molar-refractivity contribution in [2.24, 2.45) is 11.7 Å². The van der Waals surface area contributed by atoms with E-state index < -0.39 is 0 Å². The van der Waals surface area contributed by atoms with Gasteiger partial charge in [-0.15, -0.1) is 5.10 Å². The zero-order valence-electron chi connectivity index (χ0n) is 12.8. The minimum absolute atomic E-state index is 0.162. The smallest absolute Gasteiger partial charge is 0.273 e. The topological polar surface area (TPSA) is 89.1 Å². The van der Waals surface area contributed by atoms with Crippen LogP contribution in [-0.4, -0.2) is 58.5 Å². The minimum atomic E-state index is -0.162. The standard InChI is InChI=1S/C14H26N6O/c1-12-3-8-19(9-4-12)7-2-6-16-14(21)13-11-20(10-5-15)18-17-13/h11-12H,2-10,15H2,1H3,(H,16,21). The van der Waals surface area contributed by atoms with Gasteiger partial charge >= 0.3 is 0 Å². The van der Waals surface area contributed by atoms with E-state index in [1.54, 1.807) is 10.9 Å². The highest BCUT2D eigenvalue weighted by atomic mass is 16.2. The molecule has 2 heterocycles. The molecule has 1 aliphatic rings. The van der Waals surface area contributed by atoms with Crippen LogP contribution in [0.1, 0.15) is 36.7 Å². The Balaban J connectivity index is 1.62. The highest BCUT2D eigenvalue weighted by Crippen LogP contribution is 2.15. The SMILES string of the molecule is CC1CCN(CCCNC(=O)c2cn(CCN)nn2)CC1. The molecule has 21 heavy (non-hydrogen) atoms. The second kappa shape index (κ2) is 8.09. The fraction of sp³-hybridized carbons (Fsp3) is 0.786. The Hall–Kier alpha value is -1.47. The van der Waals surface area contributed by atoms with E-state index in [2.05, 4.69) is 27.5 Å². The van der Waals surface area contributed by atoms with E-state index >= 15 is 0 Å². The lowest BCUT2D eigenvalue weighted by molar-refractivity contribution is 0.0945. The third kappa shape index (κ3) is 5.09. The van der Waals surface area contributed by atoms with Crippen molar-refractivity contribution in [2.45, 2.75) is 32.7 Å². The molecule has 0 spiro atoms. The maximum atomic E-state index is 11.9. The first-order valence-corrected chi connectivity index (χ1v) is 7.80. The third-order valence-corrected chi connectivity index (χ3v) is 3.94. The van der Waals surface area contributed by atoms with Gasteiger partial charge in [-0.25, -0.2) is 0 Å². The normalized spacial score (nSPS) is 17.0. The van der Waals surface area contributed by atoms with Crippen LogP contribution >= 0.6 is 0 Å². The number of aromatic nitrogens is 3. The molecule has 0 unspecified atom stereocenters. The highest BCUT2D eigenvalue weighted by Gasteiger charge is 2.15. The maximum Gasteiger partial charge on any atom is 0.273 e. The summed E-state index contributed by atoms with van der Waals surface area (Å²) in [6, 6.07) is 0. The van der Waals surface area contributed by atoms with E-state index in [0.717, 1.165) is 18.9 Å². The minimum Gasteiger partial charge on any atom is -0.351 e. The van der Waals surface area contributed by atoms with E-state index in [-0.39, 0.29) is 5.91 Å². The zero-order valence-corrected chi connectivity index (χ0v) is 12.8. The number of carbonyl (C=O) groups excluding carboxylic acids is 1. The van der Waals surface area contributed by atoms with E-state index in [1.807, 2.05) is 0 Å². The second-order valence-electron chi connectivity index (χ2n) is 5.79. The van der Waals surface area contributed by atoms with Gasteiger partial charge in [-0.2, -0.15) is 0 Å². The Morgan fingerprint density at radius 3 is 2.90 bits per heavy atom. The van der Waals surface area contributed by atoms with Crippen LogP contribution in [0.2, 0.25) is 0 Å².